The number of benzene rings is 1. The summed E-state index contributed by atoms with van der Waals surface area (Å²) in [5.41, 5.74) is 0.771. The Morgan fingerprint density at radius 3 is 2.65 bits per heavy atom. The van der Waals surface area contributed by atoms with E-state index in [1.54, 1.807) is 0 Å². The number of hydrogen-bond donors (Lipinski definition) is 3. The van der Waals surface area contributed by atoms with Gasteiger partial charge in [0, 0.05) is 23.9 Å². The van der Waals surface area contributed by atoms with Gasteiger partial charge < -0.3 is 19.7 Å². The number of likely N-dealkylation sites (tertiary alicyclic amines) is 1. The fraction of sp³-hybridized carbons (Fsp3) is 0.579. The fourth-order valence-corrected chi connectivity index (χ4v) is 3.55. The van der Waals surface area contributed by atoms with Crippen LogP contribution >= 0.6 is 0 Å². The summed E-state index contributed by atoms with van der Waals surface area (Å²) in [6.07, 6.45) is 2.06. The van der Waals surface area contributed by atoms with Gasteiger partial charge in [0.25, 0.3) is 5.91 Å². The molecule has 0 aliphatic carbocycles. The number of ether oxygens (including phenoxy) is 2. The van der Waals surface area contributed by atoms with Crippen molar-refractivity contribution >= 4 is 11.9 Å². The number of hydrogen-bond acceptors (Lipinski definition) is 4. The molecule has 1 fully saturated rings. The Morgan fingerprint density at radius 2 is 1.92 bits per heavy atom. The maximum Gasteiger partial charge on any atom is 0.322 e. The van der Waals surface area contributed by atoms with Crippen LogP contribution in [0, 0.1) is 0 Å². The minimum absolute atomic E-state index is 0.224. The lowest BCUT2D eigenvalue weighted by Crippen LogP contribution is -3.11. The molecule has 2 aliphatic heterocycles. The van der Waals surface area contributed by atoms with E-state index in [0.717, 1.165) is 36.4 Å². The molecular weight excluding hydrogens is 334 g/mol. The third-order valence-electron chi connectivity index (χ3n) is 4.58. The third kappa shape index (κ3) is 4.66. The van der Waals surface area contributed by atoms with Gasteiger partial charge in [-0.2, -0.15) is 0 Å². The number of rotatable bonds is 3. The van der Waals surface area contributed by atoms with E-state index in [0.29, 0.717) is 13.2 Å². The number of nitrogens with one attached hydrogen (secondary N) is 3. The molecule has 1 saturated heterocycles. The van der Waals surface area contributed by atoms with Crippen LogP contribution in [0.25, 0.3) is 0 Å². The first-order valence-corrected chi connectivity index (χ1v) is 9.18. The average Bonchev–Trinajstić information content (AvgIpc) is 3.00. The van der Waals surface area contributed by atoms with Gasteiger partial charge in [-0.25, -0.2) is 4.79 Å². The maximum absolute atomic E-state index is 12.3. The van der Waals surface area contributed by atoms with Crippen LogP contribution in [0.5, 0.6) is 11.5 Å². The van der Waals surface area contributed by atoms with E-state index >= 15 is 0 Å². The lowest BCUT2D eigenvalue weighted by atomic mass is 10.0. The molecule has 2 heterocycles. The number of carbonyl (C=O) groups excluding carboxylic acids is 2. The highest BCUT2D eigenvalue weighted by Crippen LogP contribution is 2.33. The molecule has 0 saturated carbocycles. The Hall–Kier alpha value is -2.28. The van der Waals surface area contributed by atoms with Crippen molar-refractivity contribution in [3.8, 4) is 11.5 Å². The summed E-state index contributed by atoms with van der Waals surface area (Å²) >= 11 is 0. The Labute approximate surface area is 154 Å². The quantitative estimate of drug-likeness (QED) is 0.743. The smallest absolute Gasteiger partial charge is 0.322 e. The van der Waals surface area contributed by atoms with Gasteiger partial charge in [-0.05, 0) is 39.0 Å². The number of fused-ring (bicyclic) bond motifs is 1. The van der Waals surface area contributed by atoms with Crippen LogP contribution in [0.4, 0.5) is 4.79 Å². The first-order valence-electron chi connectivity index (χ1n) is 9.18. The van der Waals surface area contributed by atoms with E-state index in [4.69, 9.17) is 9.47 Å². The SMILES string of the molecule is CC(C)(C)NC(=O)NC(=O)C[NH+]1CCC[C@@H]1c1ccc2c(c1)OCCO2. The second-order valence-electron chi connectivity index (χ2n) is 7.94. The van der Waals surface area contributed by atoms with E-state index in [2.05, 4.69) is 10.6 Å². The Bertz CT molecular complexity index is 684. The van der Waals surface area contributed by atoms with Crippen molar-refractivity contribution in [3.05, 3.63) is 23.8 Å². The summed E-state index contributed by atoms with van der Waals surface area (Å²) in [6, 6.07) is 5.79. The van der Waals surface area contributed by atoms with Crippen LogP contribution < -0.4 is 25.0 Å². The highest BCUT2D eigenvalue weighted by Gasteiger charge is 2.33. The summed E-state index contributed by atoms with van der Waals surface area (Å²) < 4.78 is 11.2. The van der Waals surface area contributed by atoms with Crippen LogP contribution in [-0.4, -0.2) is 43.8 Å². The zero-order valence-corrected chi connectivity index (χ0v) is 15.7. The van der Waals surface area contributed by atoms with E-state index in [-0.39, 0.29) is 24.0 Å². The van der Waals surface area contributed by atoms with Crippen molar-refractivity contribution < 1.29 is 24.0 Å². The number of amides is 3. The monoisotopic (exact) mass is 362 g/mol. The molecule has 1 unspecified atom stereocenters. The standard InChI is InChI=1S/C19H27N3O4/c1-19(2,3)21-18(24)20-17(23)12-22-8-4-5-14(22)13-6-7-15-16(11-13)26-10-9-25-15/h6-7,11,14H,4-5,8-10,12H2,1-3H3,(H2,20,21,23,24)/p+1/t14-/m1/s1. The molecule has 7 heteroatoms. The minimum Gasteiger partial charge on any atom is -0.486 e. The van der Waals surface area contributed by atoms with Gasteiger partial charge in [0.15, 0.2) is 18.0 Å². The molecule has 3 amide bonds. The first kappa shape index (κ1) is 18.5. The topological polar surface area (TPSA) is 81.1 Å². The molecule has 1 aromatic carbocycles. The zero-order valence-electron chi connectivity index (χ0n) is 15.7. The molecule has 142 valence electrons. The summed E-state index contributed by atoms with van der Waals surface area (Å²) in [5, 5.41) is 5.17. The van der Waals surface area contributed by atoms with Crippen molar-refractivity contribution in [2.75, 3.05) is 26.3 Å². The predicted molar refractivity (Wildman–Crippen MR) is 96.5 cm³/mol. The van der Waals surface area contributed by atoms with Crippen molar-refractivity contribution in [2.24, 2.45) is 0 Å². The van der Waals surface area contributed by atoms with Gasteiger partial charge in [0.05, 0.1) is 6.54 Å². The molecule has 2 atom stereocenters. The van der Waals surface area contributed by atoms with Gasteiger partial charge >= 0.3 is 6.03 Å². The fourth-order valence-electron chi connectivity index (χ4n) is 3.55. The highest BCUT2D eigenvalue weighted by molar-refractivity contribution is 5.95. The molecule has 1 aromatic rings. The molecular formula is C19H28N3O4+. The van der Waals surface area contributed by atoms with Gasteiger partial charge in [0.2, 0.25) is 0 Å². The Balaban J connectivity index is 1.61. The van der Waals surface area contributed by atoms with Crippen LogP contribution in [0.2, 0.25) is 0 Å². The summed E-state index contributed by atoms with van der Waals surface area (Å²) in [7, 11) is 0. The molecule has 0 spiro atoms. The molecule has 3 N–H and O–H groups in total. The van der Waals surface area contributed by atoms with Crippen molar-refractivity contribution in [1.82, 2.24) is 10.6 Å². The summed E-state index contributed by atoms with van der Waals surface area (Å²) in [6.45, 7) is 7.94. The van der Waals surface area contributed by atoms with Gasteiger partial charge in [-0.3, -0.25) is 10.1 Å². The van der Waals surface area contributed by atoms with Crippen LogP contribution in [0.1, 0.15) is 45.2 Å². The second kappa shape index (κ2) is 7.53. The Morgan fingerprint density at radius 1 is 1.19 bits per heavy atom. The molecule has 7 nitrogen and oxygen atoms in total. The molecule has 0 bridgehead atoms. The number of urea groups is 1. The van der Waals surface area contributed by atoms with Crippen molar-refractivity contribution in [2.45, 2.75) is 45.2 Å². The molecule has 26 heavy (non-hydrogen) atoms. The number of imide groups is 1. The second-order valence-corrected chi connectivity index (χ2v) is 7.94. The third-order valence-corrected chi connectivity index (χ3v) is 4.58. The number of carbonyl (C=O) groups is 2. The lowest BCUT2D eigenvalue weighted by molar-refractivity contribution is -0.910. The molecule has 3 rings (SSSR count). The van der Waals surface area contributed by atoms with E-state index in [9.17, 15) is 9.59 Å². The van der Waals surface area contributed by atoms with E-state index in [1.807, 2.05) is 39.0 Å². The normalized spacial score (nSPS) is 22.0. The minimum atomic E-state index is -0.447. The van der Waals surface area contributed by atoms with E-state index in [1.165, 1.54) is 4.90 Å². The average molecular weight is 362 g/mol. The van der Waals surface area contributed by atoms with Crippen molar-refractivity contribution in [3.63, 3.8) is 0 Å². The zero-order chi connectivity index (χ0) is 18.7. The van der Waals surface area contributed by atoms with Crippen LogP contribution in [0.15, 0.2) is 18.2 Å². The van der Waals surface area contributed by atoms with E-state index < -0.39 is 6.03 Å². The van der Waals surface area contributed by atoms with Crippen LogP contribution in [0.3, 0.4) is 0 Å². The Kier molecular flexibility index (Phi) is 5.36. The van der Waals surface area contributed by atoms with Gasteiger partial charge in [-0.1, -0.05) is 0 Å². The van der Waals surface area contributed by atoms with Gasteiger partial charge in [0.1, 0.15) is 19.3 Å². The van der Waals surface area contributed by atoms with Crippen LogP contribution in [-0.2, 0) is 4.79 Å². The number of quaternary nitrogens is 1. The largest absolute Gasteiger partial charge is 0.486 e. The summed E-state index contributed by atoms with van der Waals surface area (Å²) in [4.78, 5) is 25.3. The predicted octanol–water partition coefficient (Wildman–Crippen LogP) is 0.802. The molecule has 0 aromatic heterocycles. The molecule has 0 radical (unpaired) electrons. The molecule has 2 aliphatic rings. The highest BCUT2D eigenvalue weighted by atomic mass is 16.6. The lowest BCUT2D eigenvalue weighted by Gasteiger charge is -2.24. The van der Waals surface area contributed by atoms with Crippen molar-refractivity contribution in [1.29, 1.82) is 0 Å². The maximum atomic E-state index is 12.3. The summed E-state index contributed by atoms with van der Waals surface area (Å²) in [5.74, 6) is 1.29. The first-order chi connectivity index (χ1) is 12.3. The van der Waals surface area contributed by atoms with Gasteiger partial charge in [-0.15, -0.1) is 0 Å².